The van der Waals surface area contributed by atoms with Crippen molar-refractivity contribution in [2.75, 3.05) is 0 Å². The topological polar surface area (TPSA) is 34.1 Å². The third kappa shape index (κ3) is 3.81. The summed E-state index contributed by atoms with van der Waals surface area (Å²) < 4.78 is 25.9. The average Bonchev–Trinajstić information content (AvgIpc) is 2.68. The highest BCUT2D eigenvalue weighted by molar-refractivity contribution is 5.89. The number of hydrogen-bond donors (Lipinski definition) is 0. The molecule has 0 spiro atoms. The van der Waals surface area contributed by atoms with E-state index in [2.05, 4.69) is 0 Å². The molecule has 0 aliphatic heterocycles. The van der Waals surface area contributed by atoms with Gasteiger partial charge in [-0.05, 0) is 46.5 Å². The van der Waals surface area contributed by atoms with Crippen LogP contribution in [0, 0.1) is 11.6 Å². The van der Waals surface area contributed by atoms with E-state index in [1.165, 1.54) is 18.2 Å². The molecule has 128 valence electrons. The quantitative estimate of drug-likeness (QED) is 0.443. The first-order valence-corrected chi connectivity index (χ1v) is 7.88. The average molecular weight is 348 g/mol. The lowest BCUT2D eigenvalue weighted by Crippen LogP contribution is -1.82. The summed E-state index contributed by atoms with van der Waals surface area (Å²) >= 11 is 0. The number of rotatable bonds is 2. The number of fused-ring (bicyclic) bond motifs is 2. The third-order valence-corrected chi connectivity index (χ3v) is 3.95. The van der Waals surface area contributed by atoms with E-state index >= 15 is 0 Å². The van der Waals surface area contributed by atoms with Crippen molar-refractivity contribution in [2.45, 2.75) is 0 Å². The van der Waals surface area contributed by atoms with Crippen molar-refractivity contribution in [2.24, 2.45) is 0 Å². The molecule has 0 amide bonds. The smallest absolute Gasteiger partial charge is 0.150 e. The van der Waals surface area contributed by atoms with Gasteiger partial charge in [0, 0.05) is 16.5 Å². The molecule has 4 aromatic rings. The normalized spacial score (nSPS) is 10.2. The van der Waals surface area contributed by atoms with Crippen LogP contribution in [-0.2, 0) is 0 Å². The Kier molecular flexibility index (Phi) is 5.13. The largest absolute Gasteiger partial charge is 0.298 e. The van der Waals surface area contributed by atoms with Gasteiger partial charge in [-0.25, -0.2) is 8.78 Å². The first-order valence-electron chi connectivity index (χ1n) is 7.88. The first-order chi connectivity index (χ1) is 12.6. The van der Waals surface area contributed by atoms with Crippen LogP contribution < -0.4 is 0 Å². The van der Waals surface area contributed by atoms with E-state index in [9.17, 15) is 18.4 Å². The van der Waals surface area contributed by atoms with Crippen molar-refractivity contribution in [3.8, 4) is 0 Å². The Morgan fingerprint density at radius 3 is 1.96 bits per heavy atom. The number of benzene rings is 4. The second kappa shape index (κ2) is 7.66. The fraction of sp³-hybridized carbons (Fsp3) is 0. The van der Waals surface area contributed by atoms with Gasteiger partial charge in [0.25, 0.3) is 0 Å². The van der Waals surface area contributed by atoms with Crippen molar-refractivity contribution >= 4 is 34.1 Å². The minimum atomic E-state index is -0.258. The minimum Gasteiger partial charge on any atom is -0.298 e. The maximum Gasteiger partial charge on any atom is 0.150 e. The number of carbonyl (C=O) groups excluding carboxylic acids is 2. The Bertz CT molecular complexity index is 1100. The van der Waals surface area contributed by atoms with Gasteiger partial charge in [-0.2, -0.15) is 0 Å². The Morgan fingerprint density at radius 2 is 1.23 bits per heavy atom. The number of carbonyl (C=O) groups is 2. The fourth-order valence-electron chi connectivity index (χ4n) is 2.64. The van der Waals surface area contributed by atoms with Gasteiger partial charge in [-0.1, -0.05) is 42.5 Å². The summed E-state index contributed by atoms with van der Waals surface area (Å²) in [4.78, 5) is 20.9. The lowest BCUT2D eigenvalue weighted by Gasteiger charge is -1.98. The predicted molar refractivity (Wildman–Crippen MR) is 98.6 cm³/mol. The SMILES string of the molecule is O=Cc1ccc2c(F)cccc2c1.O=Cc1ccc2cc(F)ccc2c1. The lowest BCUT2D eigenvalue weighted by atomic mass is 10.1. The Labute approximate surface area is 148 Å². The molecule has 0 saturated carbocycles. The molecule has 0 unspecified atom stereocenters. The van der Waals surface area contributed by atoms with Crippen molar-refractivity contribution in [1.82, 2.24) is 0 Å². The van der Waals surface area contributed by atoms with Gasteiger partial charge in [0.1, 0.15) is 24.2 Å². The molecule has 26 heavy (non-hydrogen) atoms. The maximum atomic E-state index is 13.1. The van der Waals surface area contributed by atoms with Crippen LogP contribution >= 0.6 is 0 Å². The van der Waals surface area contributed by atoms with Gasteiger partial charge < -0.3 is 0 Å². The minimum absolute atomic E-state index is 0.255. The molecule has 0 bridgehead atoms. The maximum absolute atomic E-state index is 13.1. The number of aldehydes is 2. The molecule has 0 fully saturated rings. The zero-order chi connectivity index (χ0) is 18.5. The van der Waals surface area contributed by atoms with Crippen molar-refractivity contribution in [3.05, 3.63) is 95.6 Å². The molecule has 4 rings (SSSR count). The van der Waals surface area contributed by atoms with Crippen molar-refractivity contribution in [1.29, 1.82) is 0 Å². The molecule has 0 N–H and O–H groups in total. The first kappa shape index (κ1) is 17.4. The van der Waals surface area contributed by atoms with Gasteiger partial charge in [0.05, 0.1) is 0 Å². The molecule has 0 heterocycles. The summed E-state index contributed by atoms with van der Waals surface area (Å²) in [5.74, 6) is -0.513. The van der Waals surface area contributed by atoms with E-state index < -0.39 is 0 Å². The highest BCUT2D eigenvalue weighted by atomic mass is 19.1. The molecule has 2 nitrogen and oxygen atoms in total. The number of halogens is 2. The summed E-state index contributed by atoms with van der Waals surface area (Å²) in [5.41, 5.74) is 1.18. The Morgan fingerprint density at radius 1 is 0.615 bits per heavy atom. The summed E-state index contributed by atoms with van der Waals surface area (Å²) in [6, 6.07) is 19.4. The van der Waals surface area contributed by atoms with Crippen LogP contribution in [0.1, 0.15) is 20.7 Å². The highest BCUT2D eigenvalue weighted by Gasteiger charge is 1.99. The van der Waals surface area contributed by atoms with Crippen LogP contribution in [0.2, 0.25) is 0 Å². The molecule has 0 aliphatic rings. The summed E-state index contributed by atoms with van der Waals surface area (Å²) in [6.07, 6.45) is 1.53. The molecule has 0 atom stereocenters. The van der Waals surface area contributed by atoms with Crippen LogP contribution in [0.5, 0.6) is 0 Å². The standard InChI is InChI=1S/2C11H7FO/c12-11-4-3-9-5-8(7-13)1-2-10(9)6-11;12-11-3-1-2-9-6-8(7-13)4-5-10(9)11/h2*1-7H. The lowest BCUT2D eigenvalue weighted by molar-refractivity contribution is 0.111. The van der Waals surface area contributed by atoms with Crippen molar-refractivity contribution in [3.63, 3.8) is 0 Å². The Hall–Kier alpha value is -3.40. The van der Waals surface area contributed by atoms with Crippen LogP contribution in [0.4, 0.5) is 8.78 Å². The van der Waals surface area contributed by atoms with E-state index in [4.69, 9.17) is 0 Å². The molecule has 0 saturated heterocycles. The molecular formula is C22H14F2O2. The summed E-state index contributed by atoms with van der Waals surface area (Å²) in [5, 5.41) is 2.99. The molecule has 0 radical (unpaired) electrons. The van der Waals surface area contributed by atoms with E-state index in [0.717, 1.165) is 28.7 Å². The van der Waals surface area contributed by atoms with E-state index in [1.54, 1.807) is 54.6 Å². The van der Waals surface area contributed by atoms with Gasteiger partial charge >= 0.3 is 0 Å². The number of hydrogen-bond acceptors (Lipinski definition) is 2. The second-order valence-electron chi connectivity index (χ2n) is 5.71. The monoisotopic (exact) mass is 348 g/mol. The van der Waals surface area contributed by atoms with Crippen molar-refractivity contribution < 1.29 is 18.4 Å². The van der Waals surface area contributed by atoms with E-state index in [-0.39, 0.29) is 11.6 Å². The second-order valence-corrected chi connectivity index (χ2v) is 5.71. The predicted octanol–water partition coefficient (Wildman–Crippen LogP) is 5.58. The molecule has 0 aliphatic carbocycles. The van der Waals surface area contributed by atoms with Crippen LogP contribution in [0.3, 0.4) is 0 Å². The fourth-order valence-corrected chi connectivity index (χ4v) is 2.64. The summed E-state index contributed by atoms with van der Waals surface area (Å²) in [6.45, 7) is 0. The van der Waals surface area contributed by atoms with Gasteiger partial charge in [-0.3, -0.25) is 9.59 Å². The van der Waals surface area contributed by atoms with E-state index in [0.29, 0.717) is 16.5 Å². The Balaban J connectivity index is 0.000000151. The molecule has 0 aromatic heterocycles. The van der Waals surface area contributed by atoms with E-state index in [1.807, 2.05) is 0 Å². The zero-order valence-electron chi connectivity index (χ0n) is 13.7. The van der Waals surface area contributed by atoms with Crippen LogP contribution in [0.25, 0.3) is 21.5 Å². The van der Waals surface area contributed by atoms with Crippen LogP contribution in [-0.4, -0.2) is 12.6 Å². The van der Waals surface area contributed by atoms with Gasteiger partial charge in [0.2, 0.25) is 0 Å². The zero-order valence-corrected chi connectivity index (χ0v) is 13.7. The summed E-state index contributed by atoms with van der Waals surface area (Å²) in [7, 11) is 0. The van der Waals surface area contributed by atoms with Gasteiger partial charge in [-0.15, -0.1) is 0 Å². The molecular weight excluding hydrogens is 334 g/mol. The molecule has 4 aromatic carbocycles. The molecule has 4 heteroatoms. The highest BCUT2D eigenvalue weighted by Crippen LogP contribution is 2.18. The third-order valence-electron chi connectivity index (χ3n) is 3.95. The van der Waals surface area contributed by atoms with Crippen LogP contribution in [0.15, 0.2) is 72.8 Å². The van der Waals surface area contributed by atoms with Gasteiger partial charge in [0.15, 0.2) is 0 Å².